The fraction of sp³-hybridized carbons (Fsp3) is 0.364. The monoisotopic (exact) mass is 207 g/mol. The molecular formula is C11H17N3O. The summed E-state index contributed by atoms with van der Waals surface area (Å²) in [6.45, 7) is 0. The van der Waals surface area contributed by atoms with Crippen LogP contribution in [0, 0.1) is 0 Å². The molecule has 15 heavy (non-hydrogen) atoms. The van der Waals surface area contributed by atoms with Gasteiger partial charge >= 0.3 is 0 Å². The summed E-state index contributed by atoms with van der Waals surface area (Å²) in [5.41, 5.74) is 3.81. The third kappa shape index (κ3) is 3.59. The minimum Gasteiger partial charge on any atom is -0.497 e. The van der Waals surface area contributed by atoms with Crippen LogP contribution in [0.4, 0.5) is 0 Å². The molecule has 0 saturated heterocycles. The van der Waals surface area contributed by atoms with Gasteiger partial charge in [-0.2, -0.15) is 0 Å². The van der Waals surface area contributed by atoms with E-state index in [2.05, 4.69) is 10.4 Å². The van der Waals surface area contributed by atoms with Crippen LogP contribution in [0.25, 0.3) is 0 Å². The number of nitrogens with two attached hydrogens (primary N) is 1. The fourth-order valence-electron chi connectivity index (χ4n) is 1.30. The molecule has 0 saturated carbocycles. The van der Waals surface area contributed by atoms with E-state index < -0.39 is 0 Å². The molecule has 82 valence electrons. The van der Waals surface area contributed by atoms with E-state index in [4.69, 9.17) is 10.6 Å². The molecule has 1 rings (SSSR count). The molecule has 0 aliphatic heterocycles. The lowest BCUT2D eigenvalue weighted by atomic mass is 10.1. The van der Waals surface area contributed by atoms with Gasteiger partial charge in [0.25, 0.3) is 0 Å². The number of ether oxygens (including phenoxy) is 1. The van der Waals surface area contributed by atoms with E-state index in [1.807, 2.05) is 24.3 Å². The van der Waals surface area contributed by atoms with E-state index in [-0.39, 0.29) is 0 Å². The highest BCUT2D eigenvalue weighted by molar-refractivity contribution is 5.81. The third-order valence-electron chi connectivity index (χ3n) is 2.25. The van der Waals surface area contributed by atoms with Gasteiger partial charge in [-0.25, -0.2) is 5.84 Å². The summed E-state index contributed by atoms with van der Waals surface area (Å²) < 4.78 is 5.08. The Kier molecular flexibility index (Phi) is 4.63. The molecule has 1 aromatic carbocycles. The van der Waals surface area contributed by atoms with Gasteiger partial charge in [-0.1, -0.05) is 12.1 Å². The maximum atomic E-state index is 5.29. The van der Waals surface area contributed by atoms with Crippen molar-refractivity contribution in [3.63, 3.8) is 0 Å². The second-order valence-corrected chi connectivity index (χ2v) is 3.16. The topological polar surface area (TPSA) is 59.6 Å². The summed E-state index contributed by atoms with van der Waals surface area (Å²) in [5, 5.41) is 0. The van der Waals surface area contributed by atoms with Gasteiger partial charge in [-0.3, -0.25) is 4.99 Å². The number of methoxy groups -OCH3 is 1. The molecule has 0 fully saturated rings. The highest BCUT2D eigenvalue weighted by Crippen LogP contribution is 2.12. The van der Waals surface area contributed by atoms with Crippen molar-refractivity contribution in [2.24, 2.45) is 10.8 Å². The smallest absolute Gasteiger partial charge is 0.118 e. The van der Waals surface area contributed by atoms with Gasteiger partial charge < -0.3 is 10.2 Å². The first-order valence-corrected chi connectivity index (χ1v) is 4.85. The Labute approximate surface area is 90.1 Å². The third-order valence-corrected chi connectivity index (χ3v) is 2.25. The molecule has 3 N–H and O–H groups in total. The Bertz CT molecular complexity index is 319. The second-order valence-electron chi connectivity index (χ2n) is 3.16. The second kappa shape index (κ2) is 6.03. The Balaban J connectivity index is 2.51. The van der Waals surface area contributed by atoms with Crippen LogP contribution in [-0.2, 0) is 6.42 Å². The zero-order chi connectivity index (χ0) is 11.1. The zero-order valence-electron chi connectivity index (χ0n) is 9.16. The predicted molar refractivity (Wildman–Crippen MR) is 62.0 cm³/mol. The van der Waals surface area contributed by atoms with Crippen LogP contribution in [0.3, 0.4) is 0 Å². The van der Waals surface area contributed by atoms with Crippen LogP contribution in [0.5, 0.6) is 5.75 Å². The number of nitrogens with zero attached hydrogens (tertiary/aromatic N) is 1. The summed E-state index contributed by atoms with van der Waals surface area (Å²) in [6.07, 6.45) is 1.74. The van der Waals surface area contributed by atoms with Crippen molar-refractivity contribution in [3.8, 4) is 5.75 Å². The first-order chi connectivity index (χ1) is 7.30. The number of aryl methyl sites for hydroxylation is 1. The van der Waals surface area contributed by atoms with Gasteiger partial charge in [0.15, 0.2) is 0 Å². The lowest BCUT2D eigenvalue weighted by Gasteiger charge is -2.05. The summed E-state index contributed by atoms with van der Waals surface area (Å²) in [7, 11) is 3.39. The van der Waals surface area contributed by atoms with Gasteiger partial charge in [0, 0.05) is 13.5 Å². The summed E-state index contributed by atoms with van der Waals surface area (Å²) in [4.78, 5) is 4.01. The molecule has 1 aromatic rings. The number of aliphatic imine (C=N–C) groups is 1. The van der Waals surface area contributed by atoms with E-state index in [0.29, 0.717) is 0 Å². The van der Waals surface area contributed by atoms with E-state index in [1.54, 1.807) is 14.2 Å². The number of benzene rings is 1. The molecule has 0 amide bonds. The van der Waals surface area contributed by atoms with Crippen molar-refractivity contribution in [1.29, 1.82) is 0 Å². The Morgan fingerprint density at radius 1 is 1.40 bits per heavy atom. The maximum absolute atomic E-state index is 5.29. The predicted octanol–water partition coefficient (Wildman–Crippen LogP) is 1.12. The number of hydrogen-bond donors (Lipinski definition) is 2. The van der Waals surface area contributed by atoms with Crippen molar-refractivity contribution in [2.45, 2.75) is 12.8 Å². The molecule has 0 aromatic heterocycles. The molecule has 0 heterocycles. The lowest BCUT2D eigenvalue weighted by Crippen LogP contribution is -2.30. The maximum Gasteiger partial charge on any atom is 0.118 e. The minimum atomic E-state index is 0.811. The summed E-state index contributed by atoms with van der Waals surface area (Å²) in [5.74, 6) is 6.98. The standard InChI is InChI=1S/C11H17N3O/c1-13-11(14-12)8-5-9-3-6-10(15-2)7-4-9/h3-4,6-7H,5,8,12H2,1-2H3,(H,13,14). The highest BCUT2D eigenvalue weighted by Gasteiger charge is 1.98. The molecule has 0 radical (unpaired) electrons. The minimum absolute atomic E-state index is 0.811. The number of nitrogens with one attached hydrogen (secondary N) is 1. The number of hydrazine groups is 1. The van der Waals surface area contributed by atoms with Crippen LogP contribution >= 0.6 is 0 Å². The van der Waals surface area contributed by atoms with Gasteiger partial charge in [-0.15, -0.1) is 0 Å². The van der Waals surface area contributed by atoms with E-state index in [9.17, 15) is 0 Å². The normalized spacial score (nSPS) is 11.3. The molecule has 4 heteroatoms. The Hall–Kier alpha value is -1.55. The number of amidine groups is 1. The van der Waals surface area contributed by atoms with Crippen molar-refractivity contribution < 1.29 is 4.74 Å². The van der Waals surface area contributed by atoms with Crippen LogP contribution in [0.15, 0.2) is 29.3 Å². The van der Waals surface area contributed by atoms with E-state index in [0.717, 1.165) is 24.4 Å². The molecule has 0 bridgehead atoms. The summed E-state index contributed by atoms with van der Waals surface area (Å²) in [6, 6.07) is 7.99. The first kappa shape index (κ1) is 11.5. The van der Waals surface area contributed by atoms with Gasteiger partial charge in [-0.05, 0) is 24.1 Å². The van der Waals surface area contributed by atoms with Crippen molar-refractivity contribution in [1.82, 2.24) is 5.43 Å². The average molecular weight is 207 g/mol. The van der Waals surface area contributed by atoms with Crippen LogP contribution in [0.2, 0.25) is 0 Å². The highest BCUT2D eigenvalue weighted by atomic mass is 16.5. The zero-order valence-corrected chi connectivity index (χ0v) is 9.16. The summed E-state index contributed by atoms with van der Waals surface area (Å²) >= 11 is 0. The Morgan fingerprint density at radius 2 is 2.07 bits per heavy atom. The molecule has 4 nitrogen and oxygen atoms in total. The largest absolute Gasteiger partial charge is 0.497 e. The van der Waals surface area contributed by atoms with Gasteiger partial charge in [0.05, 0.1) is 7.11 Å². The number of rotatable bonds is 4. The number of hydrogen-bond acceptors (Lipinski definition) is 3. The van der Waals surface area contributed by atoms with Crippen molar-refractivity contribution >= 4 is 5.84 Å². The molecule has 0 aliphatic carbocycles. The SMILES string of the molecule is CN=C(CCc1ccc(OC)cc1)NN. The molecule has 0 atom stereocenters. The van der Waals surface area contributed by atoms with E-state index in [1.165, 1.54) is 5.56 Å². The van der Waals surface area contributed by atoms with Gasteiger partial charge in [0.2, 0.25) is 0 Å². The van der Waals surface area contributed by atoms with Crippen molar-refractivity contribution in [3.05, 3.63) is 29.8 Å². The molecular weight excluding hydrogens is 190 g/mol. The van der Waals surface area contributed by atoms with Crippen molar-refractivity contribution in [2.75, 3.05) is 14.2 Å². The average Bonchev–Trinajstić information content (AvgIpc) is 2.31. The van der Waals surface area contributed by atoms with E-state index >= 15 is 0 Å². The Morgan fingerprint density at radius 3 is 2.53 bits per heavy atom. The molecule has 0 unspecified atom stereocenters. The van der Waals surface area contributed by atoms with Crippen LogP contribution < -0.4 is 16.0 Å². The fourth-order valence-corrected chi connectivity index (χ4v) is 1.30. The van der Waals surface area contributed by atoms with Crippen LogP contribution in [-0.4, -0.2) is 20.0 Å². The molecule has 0 spiro atoms. The van der Waals surface area contributed by atoms with Gasteiger partial charge in [0.1, 0.15) is 11.6 Å². The molecule has 0 aliphatic rings. The first-order valence-electron chi connectivity index (χ1n) is 4.85. The lowest BCUT2D eigenvalue weighted by molar-refractivity contribution is 0.414. The van der Waals surface area contributed by atoms with Crippen LogP contribution in [0.1, 0.15) is 12.0 Å². The quantitative estimate of drug-likeness (QED) is 0.336.